The van der Waals surface area contributed by atoms with E-state index in [4.69, 9.17) is 4.98 Å². The number of aromatic amines is 1. The van der Waals surface area contributed by atoms with E-state index in [1.807, 2.05) is 12.1 Å². The number of aromatic nitrogens is 2. The van der Waals surface area contributed by atoms with Gasteiger partial charge in [-0.3, -0.25) is 0 Å². The molecule has 88 valence electrons. The van der Waals surface area contributed by atoms with Gasteiger partial charge >= 0.3 is 0 Å². The zero-order valence-electron chi connectivity index (χ0n) is 10.1. The lowest BCUT2D eigenvalue weighted by Gasteiger charge is -2.12. The molecule has 1 N–H and O–H groups in total. The van der Waals surface area contributed by atoms with Crippen LogP contribution in [-0.2, 0) is 5.41 Å². The Morgan fingerprint density at radius 1 is 0.889 bits per heavy atom. The fraction of sp³-hybridized carbons (Fsp3) is 0.188. The highest BCUT2D eigenvalue weighted by molar-refractivity contribution is 5.75. The van der Waals surface area contributed by atoms with E-state index in [0.717, 1.165) is 16.9 Å². The molecule has 1 fully saturated rings. The number of imidazole rings is 1. The maximum atomic E-state index is 4.77. The highest BCUT2D eigenvalue weighted by atomic mass is 15.0. The Morgan fingerprint density at radius 2 is 1.61 bits per heavy atom. The van der Waals surface area contributed by atoms with Gasteiger partial charge in [-0.05, 0) is 30.5 Å². The van der Waals surface area contributed by atoms with E-state index >= 15 is 0 Å². The van der Waals surface area contributed by atoms with Crippen molar-refractivity contribution in [2.24, 2.45) is 0 Å². The van der Waals surface area contributed by atoms with Gasteiger partial charge in [0.15, 0.2) is 0 Å². The van der Waals surface area contributed by atoms with Crippen molar-refractivity contribution < 1.29 is 0 Å². The van der Waals surface area contributed by atoms with Crippen LogP contribution in [0.2, 0.25) is 0 Å². The topological polar surface area (TPSA) is 28.7 Å². The van der Waals surface area contributed by atoms with Crippen LogP contribution in [-0.4, -0.2) is 9.97 Å². The van der Waals surface area contributed by atoms with E-state index in [2.05, 4.69) is 47.4 Å². The molecule has 1 saturated carbocycles. The molecular weight excluding hydrogens is 220 g/mol. The van der Waals surface area contributed by atoms with Crippen molar-refractivity contribution in [2.45, 2.75) is 18.3 Å². The Hall–Kier alpha value is -2.09. The Labute approximate surface area is 106 Å². The van der Waals surface area contributed by atoms with Crippen LogP contribution < -0.4 is 0 Å². The first-order valence-corrected chi connectivity index (χ1v) is 6.39. The molecule has 2 aromatic carbocycles. The quantitative estimate of drug-likeness (QED) is 0.720. The SMILES string of the molecule is c1ccc(C2(c3nc4ccccc4[nH]3)CC2)cc1. The highest BCUT2D eigenvalue weighted by Gasteiger charge is 2.48. The van der Waals surface area contributed by atoms with Crippen LogP contribution in [0.4, 0.5) is 0 Å². The van der Waals surface area contributed by atoms with E-state index in [1.165, 1.54) is 18.4 Å². The summed E-state index contributed by atoms with van der Waals surface area (Å²) in [6.07, 6.45) is 2.38. The standard InChI is InChI=1S/C16H14N2/c1-2-6-12(7-3-1)16(10-11-16)15-17-13-8-4-5-9-14(13)18-15/h1-9H,10-11H2,(H,17,18). The molecule has 0 bridgehead atoms. The Balaban J connectivity index is 1.87. The van der Waals surface area contributed by atoms with Crippen molar-refractivity contribution in [3.8, 4) is 0 Å². The number of nitrogens with zero attached hydrogens (tertiary/aromatic N) is 1. The molecule has 2 nitrogen and oxygen atoms in total. The number of para-hydroxylation sites is 2. The van der Waals surface area contributed by atoms with E-state index < -0.39 is 0 Å². The van der Waals surface area contributed by atoms with E-state index in [-0.39, 0.29) is 5.41 Å². The molecule has 0 atom stereocenters. The lowest BCUT2D eigenvalue weighted by atomic mass is 9.95. The van der Waals surface area contributed by atoms with Crippen molar-refractivity contribution in [1.29, 1.82) is 0 Å². The van der Waals surface area contributed by atoms with Gasteiger partial charge in [0.1, 0.15) is 5.82 Å². The summed E-state index contributed by atoms with van der Waals surface area (Å²) < 4.78 is 0. The summed E-state index contributed by atoms with van der Waals surface area (Å²) in [6, 6.07) is 18.9. The van der Waals surface area contributed by atoms with Gasteiger partial charge in [0.25, 0.3) is 0 Å². The largest absolute Gasteiger partial charge is 0.341 e. The third-order valence-electron chi connectivity index (χ3n) is 3.92. The Bertz CT molecular complexity index is 660. The summed E-state index contributed by atoms with van der Waals surface area (Å²) >= 11 is 0. The van der Waals surface area contributed by atoms with Gasteiger partial charge in [0, 0.05) is 0 Å². The molecule has 2 heteroatoms. The highest BCUT2D eigenvalue weighted by Crippen LogP contribution is 2.52. The lowest BCUT2D eigenvalue weighted by Crippen LogP contribution is -2.10. The monoisotopic (exact) mass is 234 g/mol. The average molecular weight is 234 g/mol. The predicted molar refractivity (Wildman–Crippen MR) is 72.5 cm³/mol. The van der Waals surface area contributed by atoms with Crippen LogP contribution in [0.25, 0.3) is 11.0 Å². The molecule has 3 aromatic rings. The molecule has 1 aliphatic rings. The molecule has 0 spiro atoms. The number of fused-ring (bicyclic) bond motifs is 1. The van der Waals surface area contributed by atoms with Gasteiger partial charge in [0.2, 0.25) is 0 Å². The fourth-order valence-electron chi connectivity index (χ4n) is 2.72. The van der Waals surface area contributed by atoms with Crippen molar-refractivity contribution in [3.05, 3.63) is 66.0 Å². The molecular formula is C16H14N2. The molecule has 1 aliphatic carbocycles. The molecule has 0 amide bonds. The molecule has 1 heterocycles. The Kier molecular flexibility index (Phi) is 1.90. The van der Waals surface area contributed by atoms with Crippen LogP contribution in [0.15, 0.2) is 54.6 Å². The Morgan fingerprint density at radius 3 is 2.33 bits per heavy atom. The van der Waals surface area contributed by atoms with Crippen molar-refractivity contribution in [2.75, 3.05) is 0 Å². The molecule has 0 unspecified atom stereocenters. The third-order valence-corrected chi connectivity index (χ3v) is 3.92. The fourth-order valence-corrected chi connectivity index (χ4v) is 2.72. The normalized spacial score (nSPS) is 16.9. The minimum atomic E-state index is 0.139. The van der Waals surface area contributed by atoms with E-state index in [9.17, 15) is 0 Å². The summed E-state index contributed by atoms with van der Waals surface area (Å²) in [4.78, 5) is 8.25. The summed E-state index contributed by atoms with van der Waals surface area (Å²) in [7, 11) is 0. The van der Waals surface area contributed by atoms with Gasteiger partial charge in [0.05, 0.1) is 16.4 Å². The van der Waals surface area contributed by atoms with E-state index in [1.54, 1.807) is 0 Å². The summed E-state index contributed by atoms with van der Waals surface area (Å²) in [5.41, 5.74) is 3.72. The number of H-pyrrole nitrogens is 1. The van der Waals surface area contributed by atoms with Gasteiger partial charge in [-0.2, -0.15) is 0 Å². The molecule has 4 rings (SSSR count). The van der Waals surface area contributed by atoms with Crippen LogP contribution in [0, 0.1) is 0 Å². The molecule has 18 heavy (non-hydrogen) atoms. The maximum absolute atomic E-state index is 4.77. The number of benzene rings is 2. The zero-order valence-corrected chi connectivity index (χ0v) is 10.1. The maximum Gasteiger partial charge on any atom is 0.117 e. The van der Waals surface area contributed by atoms with Gasteiger partial charge in [-0.15, -0.1) is 0 Å². The summed E-state index contributed by atoms with van der Waals surface area (Å²) in [6.45, 7) is 0. The lowest BCUT2D eigenvalue weighted by molar-refractivity contribution is 0.779. The summed E-state index contributed by atoms with van der Waals surface area (Å²) in [5.74, 6) is 1.12. The second-order valence-electron chi connectivity index (χ2n) is 5.05. The van der Waals surface area contributed by atoms with Crippen LogP contribution in [0.1, 0.15) is 24.2 Å². The van der Waals surface area contributed by atoms with Crippen molar-refractivity contribution in [3.63, 3.8) is 0 Å². The number of hydrogen-bond donors (Lipinski definition) is 1. The molecule has 0 aliphatic heterocycles. The van der Waals surface area contributed by atoms with Gasteiger partial charge < -0.3 is 4.98 Å². The third kappa shape index (κ3) is 1.32. The van der Waals surface area contributed by atoms with Gasteiger partial charge in [-0.25, -0.2) is 4.98 Å². The van der Waals surface area contributed by atoms with Crippen LogP contribution in [0.5, 0.6) is 0 Å². The van der Waals surface area contributed by atoms with Crippen molar-refractivity contribution >= 4 is 11.0 Å². The second-order valence-corrected chi connectivity index (χ2v) is 5.05. The first-order chi connectivity index (χ1) is 8.88. The number of nitrogens with one attached hydrogen (secondary N) is 1. The first-order valence-electron chi connectivity index (χ1n) is 6.39. The molecule has 0 saturated heterocycles. The van der Waals surface area contributed by atoms with Gasteiger partial charge in [-0.1, -0.05) is 42.5 Å². The second kappa shape index (κ2) is 3.45. The van der Waals surface area contributed by atoms with E-state index in [0.29, 0.717) is 0 Å². The van der Waals surface area contributed by atoms with Crippen LogP contribution in [0.3, 0.4) is 0 Å². The predicted octanol–water partition coefficient (Wildman–Crippen LogP) is 3.64. The average Bonchev–Trinajstić information content (AvgIpc) is 3.13. The minimum Gasteiger partial charge on any atom is -0.341 e. The molecule has 0 radical (unpaired) electrons. The zero-order chi connectivity index (χ0) is 12.0. The number of hydrogen-bond acceptors (Lipinski definition) is 1. The minimum absolute atomic E-state index is 0.139. The number of rotatable bonds is 2. The molecule has 1 aromatic heterocycles. The van der Waals surface area contributed by atoms with Crippen molar-refractivity contribution in [1.82, 2.24) is 9.97 Å². The first kappa shape index (κ1) is 9.89. The smallest absolute Gasteiger partial charge is 0.117 e. The van der Waals surface area contributed by atoms with Crippen LogP contribution >= 0.6 is 0 Å². The summed E-state index contributed by atoms with van der Waals surface area (Å²) in [5, 5.41) is 0.